The van der Waals surface area contributed by atoms with Gasteiger partial charge in [0.05, 0.1) is 24.1 Å². The molecule has 3 aliphatic rings. The minimum atomic E-state index is 0.302. The van der Waals surface area contributed by atoms with E-state index in [2.05, 4.69) is 26.0 Å². The largest absolute Gasteiger partial charge is 0.491 e. The number of aryl methyl sites for hydroxylation is 1. The second-order valence-corrected chi connectivity index (χ2v) is 12.3. The fourth-order valence-corrected chi connectivity index (χ4v) is 6.94. The maximum Gasteiger partial charge on any atom is 0.157 e. The molecule has 6 N–H and O–H groups in total. The zero-order chi connectivity index (χ0) is 27.4. The quantitative estimate of drug-likeness (QED) is 0.230. The molecule has 2 aliphatic heterocycles. The summed E-state index contributed by atoms with van der Waals surface area (Å²) in [6.45, 7) is 6.13. The van der Waals surface area contributed by atoms with Crippen molar-refractivity contribution in [1.82, 2.24) is 0 Å². The van der Waals surface area contributed by atoms with Crippen LogP contribution in [-0.4, -0.2) is 19.3 Å². The molecule has 0 bridgehead atoms. The van der Waals surface area contributed by atoms with Gasteiger partial charge in [0.1, 0.15) is 11.4 Å². The average Bonchev–Trinajstić information content (AvgIpc) is 2.95. The molecule has 2 atom stereocenters. The maximum atomic E-state index is 6.58. The molecule has 2 aromatic rings. The Kier molecular flexibility index (Phi) is 9.11. The Morgan fingerprint density at radius 2 is 1.46 bits per heavy atom. The number of nitrogens with two attached hydrogens (primary N) is 3. The van der Waals surface area contributed by atoms with E-state index in [1.54, 1.807) is 0 Å². The van der Waals surface area contributed by atoms with Gasteiger partial charge in [0.25, 0.3) is 0 Å². The second-order valence-electron chi connectivity index (χ2n) is 12.3. The predicted octanol–water partition coefficient (Wildman–Crippen LogP) is 7.64. The molecular formula is C33H49N3O3. The first-order chi connectivity index (χ1) is 19.0. The van der Waals surface area contributed by atoms with Gasteiger partial charge in [0.2, 0.25) is 0 Å². The summed E-state index contributed by atoms with van der Waals surface area (Å²) in [4.78, 5) is 0. The van der Waals surface area contributed by atoms with Crippen LogP contribution in [0.25, 0.3) is 0 Å². The van der Waals surface area contributed by atoms with E-state index in [-0.39, 0.29) is 0 Å². The number of anilines is 3. The highest BCUT2D eigenvalue weighted by Gasteiger charge is 2.27. The first-order valence-electron chi connectivity index (χ1n) is 15.5. The summed E-state index contributed by atoms with van der Waals surface area (Å²) in [7, 11) is 0. The Morgan fingerprint density at radius 1 is 0.769 bits per heavy atom. The highest BCUT2D eigenvalue weighted by molar-refractivity contribution is 5.80. The third-order valence-electron chi connectivity index (χ3n) is 9.38. The molecule has 2 heterocycles. The highest BCUT2D eigenvalue weighted by Crippen LogP contribution is 2.48. The molecule has 2 aromatic carbocycles. The zero-order valence-corrected chi connectivity index (χ0v) is 24.1. The lowest BCUT2D eigenvalue weighted by molar-refractivity contribution is -0.0215. The van der Waals surface area contributed by atoms with Gasteiger partial charge in [-0.15, -0.1) is 0 Å². The monoisotopic (exact) mass is 535 g/mol. The van der Waals surface area contributed by atoms with Crippen LogP contribution < -0.4 is 26.7 Å². The molecule has 0 amide bonds. The molecule has 0 aromatic heterocycles. The normalized spacial score (nSPS) is 24.5. The van der Waals surface area contributed by atoms with Crippen LogP contribution >= 0.6 is 0 Å². The molecule has 5 rings (SSSR count). The number of rotatable bonds is 10. The molecule has 2 fully saturated rings. The maximum absolute atomic E-state index is 6.58. The van der Waals surface area contributed by atoms with Crippen molar-refractivity contribution in [3.63, 3.8) is 0 Å². The van der Waals surface area contributed by atoms with Crippen molar-refractivity contribution in [2.45, 2.75) is 103 Å². The van der Waals surface area contributed by atoms with Crippen LogP contribution in [0.2, 0.25) is 0 Å². The van der Waals surface area contributed by atoms with Crippen molar-refractivity contribution in [3.05, 3.63) is 34.9 Å². The van der Waals surface area contributed by atoms with E-state index in [1.807, 2.05) is 6.07 Å². The van der Waals surface area contributed by atoms with Crippen LogP contribution in [0.15, 0.2) is 18.2 Å². The molecule has 1 aliphatic carbocycles. The number of benzene rings is 2. The van der Waals surface area contributed by atoms with E-state index in [0.29, 0.717) is 59.4 Å². The van der Waals surface area contributed by atoms with Crippen molar-refractivity contribution in [2.24, 2.45) is 17.8 Å². The van der Waals surface area contributed by atoms with Crippen molar-refractivity contribution in [2.75, 3.05) is 30.4 Å². The van der Waals surface area contributed by atoms with Crippen molar-refractivity contribution in [3.8, 4) is 17.2 Å². The van der Waals surface area contributed by atoms with Gasteiger partial charge in [0, 0.05) is 24.2 Å². The van der Waals surface area contributed by atoms with Gasteiger partial charge in [-0.2, -0.15) is 0 Å². The van der Waals surface area contributed by atoms with E-state index in [1.165, 1.54) is 57.8 Å². The van der Waals surface area contributed by atoms with Crippen LogP contribution in [0.1, 0.15) is 101 Å². The van der Waals surface area contributed by atoms with Gasteiger partial charge in [0.15, 0.2) is 11.5 Å². The molecule has 39 heavy (non-hydrogen) atoms. The molecule has 6 heteroatoms. The van der Waals surface area contributed by atoms with Crippen LogP contribution in [0.5, 0.6) is 17.2 Å². The Morgan fingerprint density at radius 3 is 2.18 bits per heavy atom. The van der Waals surface area contributed by atoms with Gasteiger partial charge in [-0.3, -0.25) is 0 Å². The third-order valence-corrected chi connectivity index (χ3v) is 9.38. The van der Waals surface area contributed by atoms with Crippen LogP contribution in [0.3, 0.4) is 0 Å². The SMILES string of the molecule is CCCC1CCC(COc2ccc3c(c2N)Oc2c(cc(CCC4CCC(CCC)CO4)c(N)c2N)C3)CC1. The second kappa shape index (κ2) is 12.7. The first kappa shape index (κ1) is 27.9. The number of hydrogen-bond acceptors (Lipinski definition) is 6. The van der Waals surface area contributed by atoms with Crippen molar-refractivity contribution in [1.29, 1.82) is 0 Å². The first-order valence-corrected chi connectivity index (χ1v) is 15.5. The molecular weight excluding hydrogens is 486 g/mol. The molecule has 214 valence electrons. The van der Waals surface area contributed by atoms with Gasteiger partial charge in [-0.05, 0) is 80.4 Å². The smallest absolute Gasteiger partial charge is 0.157 e. The lowest BCUT2D eigenvalue weighted by Gasteiger charge is -2.30. The fourth-order valence-electron chi connectivity index (χ4n) is 6.94. The minimum Gasteiger partial charge on any atom is -0.491 e. The van der Waals surface area contributed by atoms with Crippen molar-refractivity contribution < 1.29 is 14.2 Å². The molecule has 1 saturated heterocycles. The van der Waals surface area contributed by atoms with Gasteiger partial charge >= 0.3 is 0 Å². The van der Waals surface area contributed by atoms with E-state index in [0.717, 1.165) is 54.4 Å². The van der Waals surface area contributed by atoms with E-state index < -0.39 is 0 Å². The van der Waals surface area contributed by atoms with Gasteiger partial charge in [-0.25, -0.2) is 0 Å². The van der Waals surface area contributed by atoms with Crippen LogP contribution in [0.4, 0.5) is 17.1 Å². The minimum absolute atomic E-state index is 0.302. The van der Waals surface area contributed by atoms with Crippen LogP contribution in [-0.2, 0) is 17.6 Å². The summed E-state index contributed by atoms with van der Waals surface area (Å²) in [6.07, 6.45) is 15.5. The average molecular weight is 536 g/mol. The third kappa shape index (κ3) is 6.42. The number of ether oxygens (including phenoxy) is 3. The molecule has 6 nitrogen and oxygen atoms in total. The van der Waals surface area contributed by atoms with Crippen LogP contribution in [0, 0.1) is 17.8 Å². The Bertz CT molecular complexity index is 1120. The van der Waals surface area contributed by atoms with Crippen molar-refractivity contribution >= 4 is 17.1 Å². The number of hydrogen-bond donors (Lipinski definition) is 3. The topological polar surface area (TPSA) is 106 Å². The summed E-state index contributed by atoms with van der Waals surface area (Å²) in [5, 5.41) is 0. The molecule has 0 spiro atoms. The standard InChI is InChI=1S/C33H49N3O3/c1-3-5-21-7-9-23(10-8-21)20-38-28-16-13-25-18-26-17-24(12-15-27-14-11-22(6-4-2)19-37-27)29(34)31(36)33(26)39-32(25)30(28)35/h13,16-17,21-23,27H,3-12,14-15,18-20,34-36H2,1-2H3. The number of fused-ring (bicyclic) bond motifs is 2. The highest BCUT2D eigenvalue weighted by atomic mass is 16.5. The van der Waals surface area contributed by atoms with Gasteiger partial charge < -0.3 is 31.4 Å². The summed E-state index contributed by atoms with van der Waals surface area (Å²) in [6, 6.07) is 6.25. The Balaban J connectivity index is 1.21. The van der Waals surface area contributed by atoms with E-state index in [9.17, 15) is 0 Å². The predicted molar refractivity (Wildman–Crippen MR) is 161 cm³/mol. The summed E-state index contributed by atoms with van der Waals surface area (Å²) in [5.74, 6) is 4.20. The lowest BCUT2D eigenvalue weighted by atomic mass is 9.80. The summed E-state index contributed by atoms with van der Waals surface area (Å²) >= 11 is 0. The zero-order valence-electron chi connectivity index (χ0n) is 24.1. The summed E-state index contributed by atoms with van der Waals surface area (Å²) < 4.78 is 18.7. The van der Waals surface area contributed by atoms with E-state index >= 15 is 0 Å². The Labute approximate surface area is 234 Å². The van der Waals surface area contributed by atoms with Gasteiger partial charge in [-0.1, -0.05) is 52.0 Å². The lowest BCUT2D eigenvalue weighted by Crippen LogP contribution is -2.26. The molecule has 1 saturated carbocycles. The fraction of sp³-hybridized carbons (Fsp3) is 0.636. The molecule has 0 radical (unpaired) electrons. The van der Waals surface area contributed by atoms with E-state index in [4.69, 9.17) is 31.4 Å². The number of nitrogen functional groups attached to an aromatic ring is 3. The Hall–Kier alpha value is -2.60. The molecule has 2 unspecified atom stereocenters. The summed E-state index contributed by atoms with van der Waals surface area (Å²) in [5.41, 5.74) is 24.5.